The fourth-order valence-electron chi connectivity index (χ4n) is 3.87. The Hall–Kier alpha value is -2.89. The third-order valence-corrected chi connectivity index (χ3v) is 6.07. The molecule has 1 aliphatic heterocycles. The van der Waals surface area contributed by atoms with E-state index in [1.807, 2.05) is 20.8 Å². The largest absolute Gasteiger partial charge is 0.480 e. The van der Waals surface area contributed by atoms with Gasteiger partial charge in [0.2, 0.25) is 17.7 Å². The van der Waals surface area contributed by atoms with Crippen LogP contribution in [0, 0.1) is 11.8 Å². The molecule has 1 rings (SSSR count). The minimum absolute atomic E-state index is 0.0514. The summed E-state index contributed by atoms with van der Waals surface area (Å²) in [5, 5.41) is 20.7. The predicted octanol–water partition coefficient (Wildman–Crippen LogP) is -0.577. The summed E-state index contributed by atoms with van der Waals surface area (Å²) in [6.45, 7) is 8.40. The van der Waals surface area contributed by atoms with Gasteiger partial charge in [-0.15, -0.1) is 0 Å². The molecule has 9 N–H and O–H groups in total. The van der Waals surface area contributed by atoms with Crippen LogP contribution in [-0.2, 0) is 19.2 Å². The van der Waals surface area contributed by atoms with Gasteiger partial charge in [0.1, 0.15) is 18.1 Å². The van der Waals surface area contributed by atoms with Crippen LogP contribution in [0.1, 0.15) is 66.2 Å². The Balaban J connectivity index is 2.97. The normalized spacial score (nSPS) is 18.7. The van der Waals surface area contributed by atoms with Gasteiger partial charge in [-0.2, -0.15) is 0 Å². The summed E-state index contributed by atoms with van der Waals surface area (Å²) in [5.74, 6) is -2.79. The standard InChI is InChI=1S/C23H43N7O5/c1-5-14(4)18(22(34)35)30-21(33)17(12-13(2)3)29-20(32)16(9-7-11-27-23(24)25)28-19(31)15-8-6-10-26-15/h13-18,26H,5-12H2,1-4H3,(H,28,31)(H,29,32)(H,30,33)(H,34,35)(H4,24,25,27). The molecule has 0 radical (unpaired) electrons. The zero-order chi connectivity index (χ0) is 26.5. The lowest BCUT2D eigenvalue weighted by Crippen LogP contribution is -2.57. The summed E-state index contributed by atoms with van der Waals surface area (Å²) >= 11 is 0. The Morgan fingerprint density at radius 2 is 1.71 bits per heavy atom. The number of amides is 3. The molecule has 0 aromatic rings. The number of guanidine groups is 1. The summed E-state index contributed by atoms with van der Waals surface area (Å²) in [6.07, 6.45) is 3.13. The first kappa shape index (κ1) is 30.1. The van der Waals surface area contributed by atoms with Crippen molar-refractivity contribution in [2.75, 3.05) is 13.1 Å². The van der Waals surface area contributed by atoms with Gasteiger partial charge < -0.3 is 37.8 Å². The molecule has 5 unspecified atom stereocenters. The van der Waals surface area contributed by atoms with Crippen molar-refractivity contribution in [3.05, 3.63) is 0 Å². The van der Waals surface area contributed by atoms with Crippen LogP contribution in [0.15, 0.2) is 4.99 Å². The third kappa shape index (κ3) is 10.9. The molecular formula is C23H43N7O5. The number of aliphatic carboxylic acids is 1. The third-order valence-electron chi connectivity index (χ3n) is 6.07. The number of hydrogen-bond donors (Lipinski definition) is 7. The zero-order valence-corrected chi connectivity index (χ0v) is 21.3. The van der Waals surface area contributed by atoms with Crippen molar-refractivity contribution < 1.29 is 24.3 Å². The second-order valence-corrected chi connectivity index (χ2v) is 9.56. The van der Waals surface area contributed by atoms with Crippen LogP contribution < -0.4 is 32.7 Å². The molecule has 0 aromatic carbocycles. The summed E-state index contributed by atoms with van der Waals surface area (Å²) in [6, 6.07) is -3.28. The van der Waals surface area contributed by atoms with Crippen LogP contribution in [0.3, 0.4) is 0 Å². The number of rotatable bonds is 15. The molecule has 0 spiro atoms. The lowest BCUT2D eigenvalue weighted by molar-refractivity contribution is -0.144. The molecule has 0 aromatic heterocycles. The van der Waals surface area contributed by atoms with Crippen molar-refractivity contribution in [1.29, 1.82) is 0 Å². The van der Waals surface area contributed by atoms with E-state index in [2.05, 4.69) is 26.3 Å². The van der Waals surface area contributed by atoms with Gasteiger partial charge >= 0.3 is 5.97 Å². The first-order valence-electron chi connectivity index (χ1n) is 12.4. The van der Waals surface area contributed by atoms with E-state index in [4.69, 9.17) is 11.5 Å². The van der Waals surface area contributed by atoms with E-state index in [1.54, 1.807) is 6.92 Å². The van der Waals surface area contributed by atoms with Gasteiger partial charge in [-0.25, -0.2) is 4.79 Å². The number of nitrogens with zero attached hydrogens (tertiary/aromatic N) is 1. The van der Waals surface area contributed by atoms with E-state index < -0.39 is 35.9 Å². The van der Waals surface area contributed by atoms with Crippen molar-refractivity contribution >= 4 is 29.7 Å². The molecule has 0 bridgehead atoms. The number of nitrogens with one attached hydrogen (secondary N) is 4. The molecule has 0 saturated carbocycles. The van der Waals surface area contributed by atoms with Crippen LogP contribution in [0.4, 0.5) is 0 Å². The lowest BCUT2D eigenvalue weighted by Gasteiger charge is -2.27. The molecule has 200 valence electrons. The molecule has 0 aliphatic carbocycles. The van der Waals surface area contributed by atoms with Crippen LogP contribution >= 0.6 is 0 Å². The second-order valence-electron chi connectivity index (χ2n) is 9.56. The van der Waals surface area contributed by atoms with Crippen molar-refractivity contribution in [2.24, 2.45) is 28.3 Å². The number of nitrogens with two attached hydrogens (primary N) is 2. The van der Waals surface area contributed by atoms with Crippen molar-refractivity contribution in [1.82, 2.24) is 21.3 Å². The van der Waals surface area contributed by atoms with Gasteiger partial charge in [0.25, 0.3) is 0 Å². The number of carbonyl (C=O) groups excluding carboxylic acids is 3. The Morgan fingerprint density at radius 3 is 2.23 bits per heavy atom. The van der Waals surface area contributed by atoms with Crippen molar-refractivity contribution in [2.45, 2.75) is 90.4 Å². The molecule has 3 amide bonds. The number of carboxylic acid groups (broad SMARTS) is 1. The number of carboxylic acids is 1. The van der Waals surface area contributed by atoms with Gasteiger partial charge in [-0.1, -0.05) is 34.1 Å². The molecule has 12 heteroatoms. The van der Waals surface area contributed by atoms with E-state index in [1.165, 1.54) is 0 Å². The fourth-order valence-corrected chi connectivity index (χ4v) is 3.87. The second kappa shape index (κ2) is 15.2. The lowest BCUT2D eigenvalue weighted by atomic mass is 9.97. The van der Waals surface area contributed by atoms with Gasteiger partial charge in [-0.05, 0) is 50.5 Å². The highest BCUT2D eigenvalue weighted by Gasteiger charge is 2.32. The van der Waals surface area contributed by atoms with Crippen LogP contribution in [0.5, 0.6) is 0 Å². The highest BCUT2D eigenvalue weighted by atomic mass is 16.4. The maximum atomic E-state index is 13.2. The number of aliphatic imine (C=N–C) groups is 1. The fraction of sp³-hybridized carbons (Fsp3) is 0.783. The summed E-state index contributed by atoms with van der Waals surface area (Å²) in [5.41, 5.74) is 10.7. The van der Waals surface area contributed by atoms with E-state index in [0.717, 1.165) is 13.0 Å². The highest BCUT2D eigenvalue weighted by molar-refractivity contribution is 5.94. The van der Waals surface area contributed by atoms with Crippen LogP contribution in [0.2, 0.25) is 0 Å². The Labute approximate surface area is 207 Å². The minimum atomic E-state index is -1.13. The summed E-state index contributed by atoms with van der Waals surface area (Å²) < 4.78 is 0. The van der Waals surface area contributed by atoms with Crippen LogP contribution in [-0.4, -0.2) is 72.0 Å². The average molecular weight is 498 g/mol. The molecule has 1 heterocycles. The maximum Gasteiger partial charge on any atom is 0.326 e. The average Bonchev–Trinajstić information content (AvgIpc) is 3.32. The number of hydrogen-bond acceptors (Lipinski definition) is 6. The van der Waals surface area contributed by atoms with E-state index in [-0.39, 0.29) is 42.7 Å². The highest BCUT2D eigenvalue weighted by Crippen LogP contribution is 2.12. The Kier molecular flexibility index (Phi) is 13.1. The summed E-state index contributed by atoms with van der Waals surface area (Å²) in [7, 11) is 0. The number of carbonyl (C=O) groups is 4. The topological polar surface area (TPSA) is 201 Å². The maximum absolute atomic E-state index is 13.2. The molecule has 1 saturated heterocycles. The minimum Gasteiger partial charge on any atom is -0.480 e. The Morgan fingerprint density at radius 1 is 1.06 bits per heavy atom. The Bertz CT molecular complexity index is 749. The molecule has 1 fully saturated rings. The predicted molar refractivity (Wildman–Crippen MR) is 133 cm³/mol. The van der Waals surface area contributed by atoms with Crippen molar-refractivity contribution in [3.63, 3.8) is 0 Å². The first-order valence-corrected chi connectivity index (χ1v) is 12.4. The van der Waals surface area contributed by atoms with Crippen LogP contribution in [0.25, 0.3) is 0 Å². The van der Waals surface area contributed by atoms with E-state index in [0.29, 0.717) is 25.7 Å². The molecular weight excluding hydrogens is 454 g/mol. The molecule has 35 heavy (non-hydrogen) atoms. The molecule has 5 atom stereocenters. The first-order chi connectivity index (χ1) is 16.5. The van der Waals surface area contributed by atoms with Gasteiger partial charge in [-0.3, -0.25) is 19.4 Å². The smallest absolute Gasteiger partial charge is 0.326 e. The van der Waals surface area contributed by atoms with Crippen molar-refractivity contribution in [3.8, 4) is 0 Å². The van der Waals surface area contributed by atoms with E-state index in [9.17, 15) is 24.3 Å². The monoisotopic (exact) mass is 497 g/mol. The summed E-state index contributed by atoms with van der Waals surface area (Å²) in [4.78, 5) is 54.4. The van der Waals surface area contributed by atoms with Gasteiger partial charge in [0.05, 0.1) is 6.04 Å². The quantitative estimate of drug-likeness (QED) is 0.0884. The zero-order valence-electron chi connectivity index (χ0n) is 21.3. The van der Waals surface area contributed by atoms with Gasteiger partial charge in [0, 0.05) is 6.54 Å². The SMILES string of the molecule is CCC(C)C(NC(=O)C(CC(C)C)NC(=O)C(CCCN=C(N)N)NC(=O)C1CCCN1)C(=O)O. The van der Waals surface area contributed by atoms with Gasteiger partial charge in [0.15, 0.2) is 5.96 Å². The molecule has 1 aliphatic rings. The van der Waals surface area contributed by atoms with E-state index >= 15 is 0 Å². The molecule has 12 nitrogen and oxygen atoms in total.